The smallest absolute Gasteiger partial charge is 0.317 e. The molecular weight excluding hydrogens is 264 g/mol. The molecule has 2 fully saturated rings. The molecule has 7 nitrogen and oxygen atoms in total. The Labute approximate surface area is 118 Å². The van der Waals surface area contributed by atoms with Gasteiger partial charge in [0.1, 0.15) is 5.60 Å². The lowest BCUT2D eigenvalue weighted by Crippen LogP contribution is -2.50. The number of ether oxygens (including phenoxy) is 2. The molecule has 0 aromatic heterocycles. The molecule has 3 atom stereocenters. The molecule has 0 spiro atoms. The number of amides is 2. The number of urea groups is 1. The quantitative estimate of drug-likeness (QED) is 0.776. The summed E-state index contributed by atoms with van der Waals surface area (Å²) < 4.78 is 10.8. The maximum Gasteiger partial charge on any atom is 0.317 e. The first-order valence-electron chi connectivity index (χ1n) is 6.89. The molecule has 2 saturated heterocycles. The van der Waals surface area contributed by atoms with Gasteiger partial charge in [0.15, 0.2) is 0 Å². The van der Waals surface area contributed by atoms with Crippen molar-refractivity contribution in [1.82, 2.24) is 10.2 Å². The maximum atomic E-state index is 12.2. The van der Waals surface area contributed by atoms with Crippen molar-refractivity contribution in [2.75, 3.05) is 33.4 Å². The Morgan fingerprint density at radius 3 is 2.80 bits per heavy atom. The van der Waals surface area contributed by atoms with Gasteiger partial charge in [-0.3, -0.25) is 4.79 Å². The molecule has 0 saturated carbocycles. The van der Waals surface area contributed by atoms with Crippen LogP contribution in [0, 0.1) is 5.92 Å². The van der Waals surface area contributed by atoms with Gasteiger partial charge < -0.3 is 24.8 Å². The predicted molar refractivity (Wildman–Crippen MR) is 70.5 cm³/mol. The fourth-order valence-corrected chi connectivity index (χ4v) is 2.86. The summed E-state index contributed by atoms with van der Waals surface area (Å²) in [6.45, 7) is 3.72. The Morgan fingerprint density at radius 1 is 1.55 bits per heavy atom. The SMILES string of the molecule is COC1(CNC(=O)N2CCC(C(=O)O)C2C)CCOC1. The van der Waals surface area contributed by atoms with E-state index in [0.717, 1.165) is 6.42 Å². The number of carboxylic acids is 1. The van der Waals surface area contributed by atoms with Gasteiger partial charge in [-0.05, 0) is 13.3 Å². The Kier molecular flexibility index (Phi) is 4.49. The summed E-state index contributed by atoms with van der Waals surface area (Å²) in [7, 11) is 1.61. The lowest BCUT2D eigenvalue weighted by Gasteiger charge is -2.29. The van der Waals surface area contributed by atoms with Crippen LogP contribution in [0.5, 0.6) is 0 Å². The van der Waals surface area contributed by atoms with E-state index < -0.39 is 17.5 Å². The molecule has 2 amide bonds. The zero-order valence-corrected chi connectivity index (χ0v) is 11.9. The predicted octanol–water partition coefficient (Wildman–Crippen LogP) is 0.297. The third kappa shape index (κ3) is 2.88. The van der Waals surface area contributed by atoms with Crippen molar-refractivity contribution in [3.8, 4) is 0 Å². The number of rotatable bonds is 4. The summed E-state index contributed by atoms with van der Waals surface area (Å²) in [5, 5.41) is 11.9. The van der Waals surface area contributed by atoms with E-state index >= 15 is 0 Å². The van der Waals surface area contributed by atoms with Gasteiger partial charge in [-0.2, -0.15) is 0 Å². The number of aliphatic carboxylic acids is 1. The molecule has 2 aliphatic rings. The fraction of sp³-hybridized carbons (Fsp3) is 0.846. The van der Waals surface area contributed by atoms with Crippen molar-refractivity contribution >= 4 is 12.0 Å². The summed E-state index contributed by atoms with van der Waals surface area (Å²) >= 11 is 0. The molecule has 114 valence electrons. The fourth-order valence-electron chi connectivity index (χ4n) is 2.86. The molecule has 20 heavy (non-hydrogen) atoms. The number of likely N-dealkylation sites (tertiary alicyclic amines) is 1. The van der Waals surface area contributed by atoms with Crippen LogP contribution in [0.15, 0.2) is 0 Å². The first kappa shape index (κ1) is 15.1. The van der Waals surface area contributed by atoms with Crippen molar-refractivity contribution in [3.63, 3.8) is 0 Å². The number of nitrogens with one attached hydrogen (secondary N) is 1. The van der Waals surface area contributed by atoms with E-state index in [0.29, 0.717) is 32.7 Å². The van der Waals surface area contributed by atoms with Crippen LogP contribution < -0.4 is 5.32 Å². The molecule has 2 aliphatic heterocycles. The zero-order valence-electron chi connectivity index (χ0n) is 11.9. The molecule has 0 aromatic carbocycles. The highest BCUT2D eigenvalue weighted by atomic mass is 16.5. The van der Waals surface area contributed by atoms with Crippen LogP contribution in [-0.2, 0) is 14.3 Å². The van der Waals surface area contributed by atoms with Crippen LogP contribution in [0.4, 0.5) is 4.79 Å². The number of hydrogen-bond acceptors (Lipinski definition) is 4. The van der Waals surface area contributed by atoms with Gasteiger partial charge >= 0.3 is 12.0 Å². The van der Waals surface area contributed by atoms with Crippen LogP contribution in [0.1, 0.15) is 19.8 Å². The van der Waals surface area contributed by atoms with E-state index in [2.05, 4.69) is 5.32 Å². The average molecular weight is 286 g/mol. The number of nitrogens with zero attached hydrogens (tertiary/aromatic N) is 1. The minimum Gasteiger partial charge on any atom is -0.481 e. The normalized spacial score (nSPS) is 33.4. The topological polar surface area (TPSA) is 88.1 Å². The van der Waals surface area contributed by atoms with Crippen molar-refractivity contribution in [1.29, 1.82) is 0 Å². The van der Waals surface area contributed by atoms with E-state index in [9.17, 15) is 9.59 Å². The Hall–Kier alpha value is -1.34. The second-order valence-corrected chi connectivity index (χ2v) is 5.52. The molecular formula is C13H22N2O5. The van der Waals surface area contributed by atoms with Crippen LogP contribution in [0.25, 0.3) is 0 Å². The third-order valence-corrected chi connectivity index (χ3v) is 4.39. The van der Waals surface area contributed by atoms with Crippen LogP contribution in [0.3, 0.4) is 0 Å². The van der Waals surface area contributed by atoms with Gasteiger partial charge in [0.05, 0.1) is 19.1 Å². The molecule has 2 heterocycles. The third-order valence-electron chi connectivity index (χ3n) is 4.39. The van der Waals surface area contributed by atoms with Crippen LogP contribution in [0.2, 0.25) is 0 Å². The van der Waals surface area contributed by atoms with Crippen LogP contribution in [-0.4, -0.2) is 67.1 Å². The summed E-state index contributed by atoms with van der Waals surface area (Å²) in [5.41, 5.74) is -0.454. The second-order valence-electron chi connectivity index (χ2n) is 5.52. The maximum absolute atomic E-state index is 12.2. The molecule has 2 rings (SSSR count). The van der Waals surface area contributed by atoms with Gasteiger partial charge in [0.25, 0.3) is 0 Å². The summed E-state index contributed by atoms with van der Waals surface area (Å²) in [6.07, 6.45) is 1.25. The van der Waals surface area contributed by atoms with Crippen molar-refractivity contribution in [2.24, 2.45) is 5.92 Å². The summed E-state index contributed by atoms with van der Waals surface area (Å²) in [6, 6.07) is -0.518. The molecule has 7 heteroatoms. The number of methoxy groups -OCH3 is 1. The minimum absolute atomic E-state index is 0.232. The van der Waals surface area contributed by atoms with Gasteiger partial charge in [-0.25, -0.2) is 4.79 Å². The zero-order chi connectivity index (χ0) is 14.8. The molecule has 3 unspecified atom stereocenters. The van der Waals surface area contributed by atoms with Gasteiger partial charge in [0.2, 0.25) is 0 Å². The second kappa shape index (κ2) is 5.97. The lowest BCUT2D eigenvalue weighted by molar-refractivity contribution is -0.142. The highest BCUT2D eigenvalue weighted by Gasteiger charge is 2.40. The lowest BCUT2D eigenvalue weighted by atomic mass is 10.0. The Morgan fingerprint density at radius 2 is 2.30 bits per heavy atom. The van der Waals surface area contributed by atoms with Crippen molar-refractivity contribution < 1.29 is 24.2 Å². The van der Waals surface area contributed by atoms with E-state index in [4.69, 9.17) is 14.6 Å². The summed E-state index contributed by atoms with van der Waals surface area (Å²) in [5.74, 6) is -1.32. The highest BCUT2D eigenvalue weighted by molar-refractivity contribution is 5.78. The number of carboxylic acid groups (broad SMARTS) is 1. The van der Waals surface area contributed by atoms with Crippen LogP contribution >= 0.6 is 0 Å². The van der Waals surface area contributed by atoms with Gasteiger partial charge in [0, 0.05) is 32.7 Å². The van der Waals surface area contributed by atoms with Gasteiger partial charge in [-0.15, -0.1) is 0 Å². The first-order chi connectivity index (χ1) is 9.49. The van der Waals surface area contributed by atoms with Gasteiger partial charge in [-0.1, -0.05) is 0 Å². The molecule has 0 bridgehead atoms. The minimum atomic E-state index is -0.842. The number of carbonyl (C=O) groups is 2. The molecule has 0 aromatic rings. The highest BCUT2D eigenvalue weighted by Crippen LogP contribution is 2.25. The molecule has 0 aliphatic carbocycles. The van der Waals surface area contributed by atoms with Crippen molar-refractivity contribution in [2.45, 2.75) is 31.4 Å². The van der Waals surface area contributed by atoms with E-state index in [1.165, 1.54) is 0 Å². The van der Waals surface area contributed by atoms with E-state index in [-0.39, 0.29) is 12.1 Å². The largest absolute Gasteiger partial charge is 0.481 e. The Balaban J connectivity index is 1.88. The Bertz CT molecular complexity index is 381. The molecule has 0 radical (unpaired) electrons. The standard InChI is InChI=1S/C13H22N2O5/c1-9-10(11(16)17)3-5-15(9)12(18)14-7-13(19-2)4-6-20-8-13/h9-10H,3-8H2,1-2H3,(H,14,18)(H,16,17). The monoisotopic (exact) mass is 286 g/mol. The molecule has 2 N–H and O–H groups in total. The number of hydrogen-bond donors (Lipinski definition) is 2. The van der Waals surface area contributed by atoms with E-state index in [1.54, 1.807) is 18.9 Å². The average Bonchev–Trinajstić information content (AvgIpc) is 3.03. The summed E-state index contributed by atoms with van der Waals surface area (Å²) in [4.78, 5) is 24.8. The van der Waals surface area contributed by atoms with Crippen molar-refractivity contribution in [3.05, 3.63) is 0 Å². The first-order valence-corrected chi connectivity index (χ1v) is 6.89. The van der Waals surface area contributed by atoms with E-state index in [1.807, 2.05) is 0 Å². The number of carbonyl (C=O) groups excluding carboxylic acids is 1.